The molecule has 2 aromatic heterocycles. The number of nitrogens with one attached hydrogen (secondary N) is 1. The molecule has 160 valence electrons. The minimum Gasteiger partial charge on any atom is -0.325 e. The van der Waals surface area contributed by atoms with Crippen molar-refractivity contribution in [2.45, 2.75) is 32.5 Å². The fourth-order valence-corrected chi connectivity index (χ4v) is 3.43. The molecule has 0 fully saturated rings. The lowest BCUT2D eigenvalue weighted by molar-refractivity contribution is -0.137. The summed E-state index contributed by atoms with van der Waals surface area (Å²) >= 11 is 0. The molecule has 10 heteroatoms. The van der Waals surface area contributed by atoms with E-state index < -0.39 is 29.8 Å². The third kappa shape index (κ3) is 3.76. The molecule has 1 N–H and O–H groups in total. The third-order valence-corrected chi connectivity index (χ3v) is 4.83. The number of benzene rings is 2. The minimum absolute atomic E-state index is 0.0113. The second kappa shape index (κ2) is 7.53. The molecular formula is C21H18F3N5O2. The highest BCUT2D eigenvalue weighted by molar-refractivity contribution is 5.92. The number of aromatic nitrogens is 4. The Bertz CT molecular complexity index is 1350. The Hall–Kier alpha value is -3.69. The van der Waals surface area contributed by atoms with Gasteiger partial charge in [0, 0.05) is 11.6 Å². The first-order chi connectivity index (χ1) is 14.7. The molecule has 1 amide bonds. The van der Waals surface area contributed by atoms with Gasteiger partial charge in [0.25, 0.3) is 5.56 Å². The monoisotopic (exact) mass is 429 g/mol. The Kier molecular flexibility index (Phi) is 5.00. The van der Waals surface area contributed by atoms with Gasteiger partial charge in [0.15, 0.2) is 0 Å². The van der Waals surface area contributed by atoms with E-state index in [4.69, 9.17) is 0 Å². The van der Waals surface area contributed by atoms with Gasteiger partial charge in [-0.3, -0.25) is 18.6 Å². The maximum Gasteiger partial charge on any atom is 0.416 e. The average molecular weight is 429 g/mol. The Labute approximate surface area is 174 Å². The van der Waals surface area contributed by atoms with Crippen molar-refractivity contribution in [3.05, 3.63) is 70.3 Å². The predicted molar refractivity (Wildman–Crippen MR) is 109 cm³/mol. The van der Waals surface area contributed by atoms with E-state index in [-0.39, 0.29) is 17.3 Å². The zero-order valence-electron chi connectivity index (χ0n) is 16.6. The number of halogens is 3. The van der Waals surface area contributed by atoms with E-state index in [2.05, 4.69) is 15.5 Å². The van der Waals surface area contributed by atoms with Gasteiger partial charge in [-0.15, -0.1) is 10.2 Å². The topological polar surface area (TPSA) is 81.3 Å². The van der Waals surface area contributed by atoms with Crippen LogP contribution in [0.2, 0.25) is 0 Å². The molecule has 0 aliphatic carbocycles. The SMILES string of the molecule is CC(C)c1nnc2c(=O)n(CC(=O)Nc3cccc(C(F)(F)F)c3)c3ccccc3n12. The van der Waals surface area contributed by atoms with Crippen LogP contribution >= 0.6 is 0 Å². The van der Waals surface area contributed by atoms with Gasteiger partial charge in [0.1, 0.15) is 12.4 Å². The Balaban J connectivity index is 1.74. The Morgan fingerprint density at radius 1 is 1.06 bits per heavy atom. The molecule has 0 unspecified atom stereocenters. The van der Waals surface area contributed by atoms with Crippen LogP contribution in [0.5, 0.6) is 0 Å². The van der Waals surface area contributed by atoms with Gasteiger partial charge in [-0.25, -0.2) is 0 Å². The number of rotatable bonds is 4. The highest BCUT2D eigenvalue weighted by atomic mass is 19.4. The molecule has 0 saturated carbocycles. The van der Waals surface area contributed by atoms with E-state index in [0.29, 0.717) is 16.9 Å². The molecule has 4 rings (SSSR count). The molecule has 0 radical (unpaired) electrons. The van der Waals surface area contributed by atoms with E-state index in [9.17, 15) is 22.8 Å². The van der Waals surface area contributed by atoms with Crippen LogP contribution in [0.3, 0.4) is 0 Å². The van der Waals surface area contributed by atoms with Crippen molar-refractivity contribution in [1.82, 2.24) is 19.2 Å². The molecule has 0 aliphatic rings. The summed E-state index contributed by atoms with van der Waals surface area (Å²) in [5.74, 6) is -0.0127. The molecule has 0 saturated heterocycles. The summed E-state index contributed by atoms with van der Waals surface area (Å²) in [6, 6.07) is 11.3. The molecule has 0 atom stereocenters. The predicted octanol–water partition coefficient (Wildman–Crippen LogP) is 3.83. The minimum atomic E-state index is -4.53. The van der Waals surface area contributed by atoms with E-state index in [0.717, 1.165) is 12.1 Å². The fourth-order valence-electron chi connectivity index (χ4n) is 3.43. The van der Waals surface area contributed by atoms with Gasteiger partial charge in [-0.2, -0.15) is 13.2 Å². The van der Waals surface area contributed by atoms with Crippen molar-refractivity contribution in [3.8, 4) is 0 Å². The molecule has 2 aromatic carbocycles. The van der Waals surface area contributed by atoms with Gasteiger partial charge in [-0.1, -0.05) is 32.0 Å². The highest BCUT2D eigenvalue weighted by Crippen LogP contribution is 2.30. The van der Waals surface area contributed by atoms with Crippen LogP contribution in [-0.2, 0) is 17.5 Å². The van der Waals surface area contributed by atoms with Crippen LogP contribution < -0.4 is 10.9 Å². The second-order valence-corrected chi connectivity index (χ2v) is 7.38. The molecule has 4 aromatic rings. The van der Waals surface area contributed by atoms with Gasteiger partial charge in [0.05, 0.1) is 16.6 Å². The molecule has 31 heavy (non-hydrogen) atoms. The number of alkyl halides is 3. The summed E-state index contributed by atoms with van der Waals surface area (Å²) in [5.41, 5.74) is -0.188. The lowest BCUT2D eigenvalue weighted by atomic mass is 10.2. The molecular weight excluding hydrogens is 411 g/mol. The van der Waals surface area contributed by atoms with Crippen LogP contribution in [0.1, 0.15) is 31.2 Å². The summed E-state index contributed by atoms with van der Waals surface area (Å²) in [7, 11) is 0. The van der Waals surface area contributed by atoms with Crippen LogP contribution in [0.15, 0.2) is 53.3 Å². The summed E-state index contributed by atoms with van der Waals surface area (Å²) in [6.45, 7) is 3.47. The Morgan fingerprint density at radius 2 is 1.77 bits per heavy atom. The Morgan fingerprint density at radius 3 is 2.45 bits per heavy atom. The van der Waals surface area contributed by atoms with E-state index in [1.54, 1.807) is 28.7 Å². The van der Waals surface area contributed by atoms with Gasteiger partial charge in [0.2, 0.25) is 11.6 Å². The number of para-hydroxylation sites is 2. The van der Waals surface area contributed by atoms with Crippen molar-refractivity contribution in [2.75, 3.05) is 5.32 Å². The van der Waals surface area contributed by atoms with Gasteiger partial charge >= 0.3 is 6.18 Å². The van der Waals surface area contributed by atoms with Crippen LogP contribution in [-0.4, -0.2) is 25.1 Å². The summed E-state index contributed by atoms with van der Waals surface area (Å²) in [6.07, 6.45) is -4.53. The van der Waals surface area contributed by atoms with Crippen molar-refractivity contribution < 1.29 is 18.0 Å². The number of anilines is 1. The quantitative estimate of drug-likeness (QED) is 0.535. The van der Waals surface area contributed by atoms with E-state index in [1.165, 1.54) is 16.7 Å². The number of amides is 1. The normalized spacial score (nSPS) is 12.1. The fraction of sp³-hybridized carbons (Fsp3) is 0.238. The first-order valence-corrected chi connectivity index (χ1v) is 9.50. The average Bonchev–Trinajstić information content (AvgIpc) is 3.16. The molecule has 0 bridgehead atoms. The number of nitrogens with zero attached hydrogens (tertiary/aromatic N) is 4. The second-order valence-electron chi connectivity index (χ2n) is 7.38. The number of hydrogen-bond donors (Lipinski definition) is 1. The standard InChI is InChI=1S/C21H18F3N5O2/c1-12(2)18-26-27-19-20(31)28(15-8-3-4-9-16(15)29(18)19)11-17(30)25-14-7-5-6-13(10-14)21(22,23)24/h3-10,12H,11H2,1-2H3,(H,25,30). The van der Waals surface area contributed by atoms with E-state index in [1.807, 2.05) is 13.8 Å². The number of carbonyl (C=O) groups is 1. The summed E-state index contributed by atoms with van der Waals surface area (Å²) in [5, 5.41) is 10.5. The zero-order valence-corrected chi connectivity index (χ0v) is 16.6. The van der Waals surface area contributed by atoms with Crippen LogP contribution in [0, 0.1) is 0 Å². The molecule has 0 aliphatic heterocycles. The lowest BCUT2D eigenvalue weighted by Gasteiger charge is -2.14. The van der Waals surface area contributed by atoms with Crippen molar-refractivity contribution >= 4 is 28.3 Å². The van der Waals surface area contributed by atoms with Crippen molar-refractivity contribution in [1.29, 1.82) is 0 Å². The van der Waals surface area contributed by atoms with Crippen LogP contribution in [0.4, 0.5) is 18.9 Å². The smallest absolute Gasteiger partial charge is 0.325 e. The summed E-state index contributed by atoms with van der Waals surface area (Å²) < 4.78 is 41.7. The molecule has 0 spiro atoms. The first kappa shape index (κ1) is 20.6. The van der Waals surface area contributed by atoms with E-state index >= 15 is 0 Å². The van der Waals surface area contributed by atoms with Gasteiger partial charge < -0.3 is 5.32 Å². The highest BCUT2D eigenvalue weighted by Gasteiger charge is 2.30. The van der Waals surface area contributed by atoms with Crippen LogP contribution in [0.25, 0.3) is 16.7 Å². The lowest BCUT2D eigenvalue weighted by Crippen LogP contribution is -2.29. The third-order valence-electron chi connectivity index (χ3n) is 4.83. The molecule has 7 nitrogen and oxygen atoms in total. The number of fused-ring (bicyclic) bond motifs is 3. The largest absolute Gasteiger partial charge is 0.416 e. The van der Waals surface area contributed by atoms with Crippen molar-refractivity contribution in [2.24, 2.45) is 0 Å². The number of carbonyl (C=O) groups excluding carboxylic acids is 1. The molecule has 2 heterocycles. The number of hydrogen-bond acceptors (Lipinski definition) is 4. The summed E-state index contributed by atoms with van der Waals surface area (Å²) in [4.78, 5) is 25.7. The van der Waals surface area contributed by atoms with Gasteiger partial charge in [-0.05, 0) is 30.3 Å². The maximum atomic E-state index is 13.1. The zero-order chi connectivity index (χ0) is 22.3. The first-order valence-electron chi connectivity index (χ1n) is 9.50. The van der Waals surface area contributed by atoms with Crippen molar-refractivity contribution in [3.63, 3.8) is 0 Å². The maximum absolute atomic E-state index is 13.1.